The molecular formula is C15H24N4O2. The van der Waals surface area contributed by atoms with Gasteiger partial charge in [-0.05, 0) is 25.3 Å². The van der Waals surface area contributed by atoms with Gasteiger partial charge in [-0.15, -0.1) is 0 Å². The quantitative estimate of drug-likeness (QED) is 0.817. The van der Waals surface area contributed by atoms with E-state index in [0.29, 0.717) is 6.54 Å². The molecule has 0 radical (unpaired) electrons. The Morgan fingerprint density at radius 3 is 2.71 bits per heavy atom. The van der Waals surface area contributed by atoms with Gasteiger partial charge >= 0.3 is 0 Å². The molecule has 0 aromatic carbocycles. The molecule has 1 fully saturated rings. The number of amides is 1. The maximum absolute atomic E-state index is 12.1. The number of hydrogen-bond donors (Lipinski definition) is 2. The van der Waals surface area contributed by atoms with Crippen molar-refractivity contribution in [1.82, 2.24) is 15.3 Å². The molecule has 2 heterocycles. The topological polar surface area (TPSA) is 78.4 Å². The fourth-order valence-electron chi connectivity index (χ4n) is 2.59. The molecule has 1 saturated heterocycles. The Kier molecular flexibility index (Phi) is 5.92. The van der Waals surface area contributed by atoms with E-state index < -0.39 is 6.10 Å². The van der Waals surface area contributed by atoms with Gasteiger partial charge in [-0.2, -0.15) is 0 Å². The molecule has 1 aliphatic heterocycles. The Balaban J connectivity index is 1.74. The molecule has 1 aromatic heterocycles. The number of aromatic nitrogens is 2. The predicted molar refractivity (Wildman–Crippen MR) is 80.9 cm³/mol. The van der Waals surface area contributed by atoms with Crippen LogP contribution in [0.2, 0.25) is 0 Å². The molecule has 6 heteroatoms. The molecule has 1 atom stereocenters. The minimum absolute atomic E-state index is 0.0267. The van der Waals surface area contributed by atoms with Crippen LogP contribution in [0.3, 0.4) is 0 Å². The molecular weight excluding hydrogens is 268 g/mol. The highest BCUT2D eigenvalue weighted by Gasteiger charge is 2.26. The van der Waals surface area contributed by atoms with Crippen molar-refractivity contribution in [3.05, 3.63) is 18.5 Å². The summed E-state index contributed by atoms with van der Waals surface area (Å²) >= 11 is 0. The molecule has 1 aliphatic rings. The second-order valence-corrected chi connectivity index (χ2v) is 5.50. The molecule has 2 N–H and O–H groups in total. The number of nitrogens with one attached hydrogen (secondary N) is 1. The first-order chi connectivity index (χ1) is 10.2. The van der Waals surface area contributed by atoms with Crippen LogP contribution in [0.1, 0.15) is 32.6 Å². The van der Waals surface area contributed by atoms with E-state index in [2.05, 4.69) is 20.2 Å². The number of nitrogens with zero attached hydrogens (tertiary/aromatic N) is 3. The third kappa shape index (κ3) is 4.67. The molecule has 0 saturated carbocycles. The van der Waals surface area contributed by atoms with Gasteiger partial charge < -0.3 is 15.3 Å². The van der Waals surface area contributed by atoms with Crippen molar-refractivity contribution in [3.8, 4) is 0 Å². The van der Waals surface area contributed by atoms with E-state index in [9.17, 15) is 9.90 Å². The first kappa shape index (κ1) is 15.7. The van der Waals surface area contributed by atoms with Crippen LogP contribution in [0.4, 0.5) is 5.95 Å². The number of rotatable bonds is 6. The van der Waals surface area contributed by atoms with Gasteiger partial charge in [-0.1, -0.05) is 13.3 Å². The standard InChI is InChI=1S/C15H24N4O2/c1-2-4-13(20)11-18-14(21)12-5-9-19(10-6-12)15-16-7-3-8-17-15/h3,7-8,12-13,20H,2,4-6,9-11H2,1H3,(H,18,21). The van der Waals surface area contributed by atoms with Crippen molar-refractivity contribution in [1.29, 1.82) is 0 Å². The normalized spacial score (nSPS) is 17.5. The number of carbonyl (C=O) groups excluding carboxylic acids is 1. The average molecular weight is 292 g/mol. The van der Waals surface area contributed by atoms with Gasteiger partial charge in [0, 0.05) is 37.9 Å². The zero-order valence-corrected chi connectivity index (χ0v) is 12.5. The molecule has 0 spiro atoms. The summed E-state index contributed by atoms with van der Waals surface area (Å²) in [6, 6.07) is 1.80. The lowest BCUT2D eigenvalue weighted by atomic mass is 9.96. The minimum atomic E-state index is -0.434. The van der Waals surface area contributed by atoms with Crippen molar-refractivity contribution >= 4 is 11.9 Å². The van der Waals surface area contributed by atoms with Crippen LogP contribution in [0.25, 0.3) is 0 Å². The number of aliphatic hydroxyl groups is 1. The SMILES string of the molecule is CCCC(O)CNC(=O)C1CCN(c2ncccn2)CC1. The van der Waals surface area contributed by atoms with E-state index in [0.717, 1.165) is 44.7 Å². The van der Waals surface area contributed by atoms with Crippen LogP contribution in [0.5, 0.6) is 0 Å². The summed E-state index contributed by atoms with van der Waals surface area (Å²) < 4.78 is 0. The number of carbonyl (C=O) groups is 1. The van der Waals surface area contributed by atoms with Crippen LogP contribution in [-0.4, -0.2) is 46.7 Å². The summed E-state index contributed by atoms with van der Waals surface area (Å²) in [7, 11) is 0. The second kappa shape index (κ2) is 7.93. The fourth-order valence-corrected chi connectivity index (χ4v) is 2.59. The van der Waals surface area contributed by atoms with Crippen molar-refractivity contribution < 1.29 is 9.90 Å². The number of anilines is 1. The van der Waals surface area contributed by atoms with Crippen molar-refractivity contribution in [3.63, 3.8) is 0 Å². The molecule has 1 aromatic rings. The maximum atomic E-state index is 12.1. The van der Waals surface area contributed by atoms with E-state index in [1.54, 1.807) is 18.5 Å². The van der Waals surface area contributed by atoms with Crippen LogP contribution >= 0.6 is 0 Å². The molecule has 2 rings (SSSR count). The Bertz CT molecular complexity index is 433. The summed E-state index contributed by atoms with van der Waals surface area (Å²) in [6.45, 7) is 3.96. The molecule has 116 valence electrons. The summed E-state index contributed by atoms with van der Waals surface area (Å²) in [5, 5.41) is 12.5. The fraction of sp³-hybridized carbons (Fsp3) is 0.667. The summed E-state index contributed by atoms with van der Waals surface area (Å²) in [4.78, 5) is 22.7. The van der Waals surface area contributed by atoms with Crippen LogP contribution < -0.4 is 10.2 Å². The monoisotopic (exact) mass is 292 g/mol. The third-order valence-corrected chi connectivity index (χ3v) is 3.83. The third-order valence-electron chi connectivity index (χ3n) is 3.83. The van der Waals surface area contributed by atoms with E-state index in [-0.39, 0.29) is 11.8 Å². The lowest BCUT2D eigenvalue weighted by Gasteiger charge is -2.31. The Hall–Kier alpha value is -1.69. The molecule has 1 amide bonds. The van der Waals surface area contributed by atoms with E-state index in [1.165, 1.54) is 0 Å². The Morgan fingerprint density at radius 2 is 2.10 bits per heavy atom. The predicted octanol–water partition coefficient (Wildman–Crippen LogP) is 0.970. The highest BCUT2D eigenvalue weighted by Crippen LogP contribution is 2.20. The van der Waals surface area contributed by atoms with Crippen LogP contribution in [0, 0.1) is 5.92 Å². The van der Waals surface area contributed by atoms with E-state index >= 15 is 0 Å². The Morgan fingerprint density at radius 1 is 1.43 bits per heavy atom. The van der Waals surface area contributed by atoms with Crippen molar-refractivity contribution in [2.45, 2.75) is 38.7 Å². The van der Waals surface area contributed by atoms with Gasteiger partial charge in [-0.25, -0.2) is 9.97 Å². The van der Waals surface area contributed by atoms with Crippen LogP contribution in [-0.2, 0) is 4.79 Å². The van der Waals surface area contributed by atoms with Crippen LogP contribution in [0.15, 0.2) is 18.5 Å². The summed E-state index contributed by atoms with van der Waals surface area (Å²) in [5.74, 6) is 0.812. The summed E-state index contributed by atoms with van der Waals surface area (Å²) in [6.07, 6.45) is 6.28. The van der Waals surface area contributed by atoms with E-state index in [4.69, 9.17) is 0 Å². The molecule has 0 bridgehead atoms. The smallest absolute Gasteiger partial charge is 0.225 e. The minimum Gasteiger partial charge on any atom is -0.391 e. The van der Waals surface area contributed by atoms with Crippen molar-refractivity contribution in [2.75, 3.05) is 24.5 Å². The first-order valence-corrected chi connectivity index (χ1v) is 7.68. The second-order valence-electron chi connectivity index (χ2n) is 5.50. The molecule has 0 aliphatic carbocycles. The number of aliphatic hydroxyl groups excluding tert-OH is 1. The first-order valence-electron chi connectivity index (χ1n) is 7.68. The van der Waals surface area contributed by atoms with Gasteiger partial charge in [0.2, 0.25) is 11.9 Å². The van der Waals surface area contributed by atoms with Crippen molar-refractivity contribution in [2.24, 2.45) is 5.92 Å². The zero-order chi connectivity index (χ0) is 15.1. The van der Waals surface area contributed by atoms with E-state index in [1.807, 2.05) is 6.92 Å². The number of piperidine rings is 1. The van der Waals surface area contributed by atoms with Gasteiger partial charge in [0.05, 0.1) is 6.10 Å². The van der Waals surface area contributed by atoms with Gasteiger partial charge in [0.15, 0.2) is 0 Å². The highest BCUT2D eigenvalue weighted by molar-refractivity contribution is 5.78. The Labute approximate surface area is 125 Å². The largest absolute Gasteiger partial charge is 0.391 e. The van der Waals surface area contributed by atoms with Gasteiger partial charge in [0.25, 0.3) is 0 Å². The summed E-state index contributed by atoms with van der Waals surface area (Å²) in [5.41, 5.74) is 0. The highest BCUT2D eigenvalue weighted by atomic mass is 16.3. The average Bonchev–Trinajstić information content (AvgIpc) is 2.54. The van der Waals surface area contributed by atoms with Gasteiger partial charge in [-0.3, -0.25) is 4.79 Å². The van der Waals surface area contributed by atoms with Gasteiger partial charge in [0.1, 0.15) is 0 Å². The number of hydrogen-bond acceptors (Lipinski definition) is 5. The lowest BCUT2D eigenvalue weighted by molar-refractivity contribution is -0.126. The zero-order valence-electron chi connectivity index (χ0n) is 12.5. The lowest BCUT2D eigenvalue weighted by Crippen LogP contribution is -2.42. The molecule has 1 unspecified atom stereocenters. The molecule has 21 heavy (non-hydrogen) atoms. The maximum Gasteiger partial charge on any atom is 0.225 e. The molecule has 6 nitrogen and oxygen atoms in total.